The van der Waals surface area contributed by atoms with E-state index in [1.54, 1.807) is 36.4 Å². The molecule has 3 heterocycles. The van der Waals surface area contributed by atoms with Crippen LogP contribution in [0.15, 0.2) is 69.9 Å². The Morgan fingerprint density at radius 2 is 2.06 bits per heavy atom. The van der Waals surface area contributed by atoms with Crippen molar-refractivity contribution in [3.8, 4) is 6.07 Å². The number of esters is 1. The van der Waals surface area contributed by atoms with Crippen molar-refractivity contribution in [3.05, 3.63) is 76.8 Å². The lowest BCUT2D eigenvalue weighted by atomic mass is 9.64. The number of Topliss-reactive ketones (excluding diaryl/α,β-unsaturated/α-hetero) is 1. The molecule has 166 valence electrons. The van der Waals surface area contributed by atoms with Crippen LogP contribution >= 0.6 is 0 Å². The third kappa shape index (κ3) is 2.74. The zero-order chi connectivity index (χ0) is 23.3. The first-order valence-corrected chi connectivity index (χ1v) is 10.3. The second-order valence-electron chi connectivity index (χ2n) is 8.03. The second-order valence-corrected chi connectivity index (χ2v) is 8.03. The number of carbonyl (C=O) groups excluding carboxylic acids is 3. The number of hydrogen-bond acceptors (Lipinski definition) is 8. The molecule has 2 N–H and O–H groups in total. The molecule has 0 radical (unpaired) electrons. The van der Waals surface area contributed by atoms with Gasteiger partial charge in [-0.3, -0.25) is 19.3 Å². The number of benzene rings is 1. The fourth-order valence-corrected chi connectivity index (χ4v) is 5.03. The molecule has 33 heavy (non-hydrogen) atoms. The molecule has 2 aliphatic heterocycles. The zero-order valence-electron chi connectivity index (χ0n) is 17.7. The van der Waals surface area contributed by atoms with Gasteiger partial charge in [-0.1, -0.05) is 18.2 Å². The Morgan fingerprint density at radius 3 is 2.76 bits per heavy atom. The fraction of sp³-hybridized carbons (Fsp3) is 0.250. The number of amides is 1. The molecule has 0 bridgehead atoms. The second kappa shape index (κ2) is 7.38. The first-order chi connectivity index (χ1) is 15.9. The molecule has 1 aromatic carbocycles. The summed E-state index contributed by atoms with van der Waals surface area (Å²) in [5, 5.41) is 10.0. The quantitative estimate of drug-likeness (QED) is 0.710. The number of ether oxygens (including phenoxy) is 2. The molecule has 9 heteroatoms. The van der Waals surface area contributed by atoms with Crippen LogP contribution in [0, 0.1) is 11.3 Å². The summed E-state index contributed by atoms with van der Waals surface area (Å²) in [6.07, 6.45) is 1.86. The van der Waals surface area contributed by atoms with Gasteiger partial charge in [-0.2, -0.15) is 5.26 Å². The Labute approximate surface area is 188 Å². The van der Waals surface area contributed by atoms with Crippen molar-refractivity contribution in [2.75, 3.05) is 18.6 Å². The summed E-state index contributed by atoms with van der Waals surface area (Å²) in [6, 6.07) is 12.2. The third-order valence-electron chi connectivity index (χ3n) is 6.39. The van der Waals surface area contributed by atoms with Gasteiger partial charge in [0.1, 0.15) is 35.1 Å². The minimum Gasteiger partial charge on any atom is -0.469 e. The highest BCUT2D eigenvalue weighted by molar-refractivity contribution is 6.21. The molecule has 1 aliphatic carbocycles. The van der Waals surface area contributed by atoms with E-state index in [1.165, 1.54) is 18.3 Å². The monoisotopic (exact) mass is 445 g/mol. The van der Waals surface area contributed by atoms with Gasteiger partial charge in [0.2, 0.25) is 11.8 Å². The number of anilines is 1. The molecule has 3 aliphatic rings. The molecule has 9 nitrogen and oxygen atoms in total. The number of fused-ring (bicyclic) bond motifs is 3. The van der Waals surface area contributed by atoms with Crippen LogP contribution < -0.4 is 10.6 Å². The number of nitriles is 1. The maximum Gasteiger partial charge on any atom is 0.325 e. The summed E-state index contributed by atoms with van der Waals surface area (Å²) in [5.74, 6) is -1.29. The molecule has 0 unspecified atom stereocenters. The van der Waals surface area contributed by atoms with E-state index in [0.29, 0.717) is 17.0 Å². The third-order valence-corrected chi connectivity index (χ3v) is 6.39. The fourth-order valence-electron chi connectivity index (χ4n) is 5.03. The van der Waals surface area contributed by atoms with E-state index in [-0.39, 0.29) is 53.9 Å². The highest BCUT2D eigenvalue weighted by Gasteiger charge is 2.62. The van der Waals surface area contributed by atoms with Crippen molar-refractivity contribution in [2.45, 2.75) is 24.2 Å². The lowest BCUT2D eigenvalue weighted by molar-refractivity contribution is -0.140. The average molecular weight is 445 g/mol. The Hall–Kier alpha value is -4.32. The van der Waals surface area contributed by atoms with E-state index in [2.05, 4.69) is 0 Å². The minimum atomic E-state index is -1.79. The molecule has 2 atom stereocenters. The largest absolute Gasteiger partial charge is 0.469 e. The van der Waals surface area contributed by atoms with Gasteiger partial charge in [0.05, 0.1) is 18.9 Å². The van der Waals surface area contributed by atoms with Gasteiger partial charge in [-0.15, -0.1) is 0 Å². The number of rotatable bonds is 3. The van der Waals surface area contributed by atoms with Crippen LogP contribution in [-0.2, 0) is 29.3 Å². The van der Waals surface area contributed by atoms with E-state index < -0.39 is 17.3 Å². The predicted octanol–water partition coefficient (Wildman–Crippen LogP) is 2.16. The predicted molar refractivity (Wildman–Crippen MR) is 113 cm³/mol. The van der Waals surface area contributed by atoms with Crippen molar-refractivity contribution in [1.29, 1.82) is 5.26 Å². The number of carbonyl (C=O) groups is 3. The number of nitrogens with two attached hydrogens (primary N) is 1. The Balaban J connectivity index is 1.74. The van der Waals surface area contributed by atoms with Crippen LogP contribution in [0.25, 0.3) is 0 Å². The van der Waals surface area contributed by atoms with Gasteiger partial charge < -0.3 is 19.6 Å². The number of furan rings is 1. The average Bonchev–Trinajstić information content (AvgIpc) is 3.42. The van der Waals surface area contributed by atoms with Crippen molar-refractivity contribution < 1.29 is 28.3 Å². The lowest BCUT2D eigenvalue weighted by Crippen LogP contribution is -2.50. The Bertz CT molecular complexity index is 1300. The number of hydrogen-bond donors (Lipinski definition) is 1. The van der Waals surface area contributed by atoms with Crippen LogP contribution in [0.2, 0.25) is 0 Å². The molecule has 1 aromatic heterocycles. The molecule has 1 spiro atoms. The summed E-state index contributed by atoms with van der Waals surface area (Å²) in [7, 11) is 1.22. The molecule has 0 fully saturated rings. The van der Waals surface area contributed by atoms with Crippen LogP contribution in [0.4, 0.5) is 5.69 Å². The van der Waals surface area contributed by atoms with E-state index in [4.69, 9.17) is 19.6 Å². The molecule has 1 amide bonds. The number of nitrogens with zero attached hydrogens (tertiary/aromatic N) is 2. The van der Waals surface area contributed by atoms with Crippen LogP contribution in [0.1, 0.15) is 30.1 Å². The first-order valence-electron chi connectivity index (χ1n) is 10.3. The molecular formula is C24H19N3O6. The highest BCUT2D eigenvalue weighted by Crippen LogP contribution is 2.56. The number of allylic oxidation sites excluding steroid dienone is 1. The van der Waals surface area contributed by atoms with Crippen molar-refractivity contribution in [2.24, 2.45) is 5.73 Å². The minimum absolute atomic E-state index is 0.0719. The van der Waals surface area contributed by atoms with E-state index >= 15 is 0 Å². The highest BCUT2D eigenvalue weighted by atomic mass is 16.5. The molecular weight excluding hydrogens is 426 g/mol. The van der Waals surface area contributed by atoms with Gasteiger partial charge >= 0.3 is 5.97 Å². The van der Waals surface area contributed by atoms with Gasteiger partial charge in [-0.25, -0.2) is 0 Å². The Morgan fingerprint density at radius 1 is 1.27 bits per heavy atom. The molecule has 5 rings (SSSR count). The summed E-state index contributed by atoms with van der Waals surface area (Å²) >= 11 is 0. The van der Waals surface area contributed by atoms with Crippen LogP contribution in [0.5, 0.6) is 0 Å². The van der Waals surface area contributed by atoms with Crippen molar-refractivity contribution in [1.82, 2.24) is 0 Å². The summed E-state index contributed by atoms with van der Waals surface area (Å²) in [4.78, 5) is 41.0. The van der Waals surface area contributed by atoms with Crippen molar-refractivity contribution >= 4 is 23.3 Å². The van der Waals surface area contributed by atoms with Crippen LogP contribution in [0.3, 0.4) is 0 Å². The number of methoxy groups -OCH3 is 1. The number of para-hydroxylation sites is 1. The van der Waals surface area contributed by atoms with E-state index in [9.17, 15) is 19.6 Å². The maximum absolute atomic E-state index is 14.0. The molecule has 0 saturated carbocycles. The topological polar surface area (TPSA) is 136 Å². The standard InChI is InChI=1S/C24H19N3O6/c1-31-20(29)12-27-16-6-3-2-5-14(16)24(23(27)30)15(11-25)22(26)33-19-10-13(9-17(28)21(19)24)18-7-4-8-32-18/h2-8,13H,9-10,12,26H2,1H3/t13-,24+/m0/s1. The molecule has 2 aromatic rings. The summed E-state index contributed by atoms with van der Waals surface area (Å²) < 4.78 is 16.0. The molecule has 0 saturated heterocycles. The smallest absolute Gasteiger partial charge is 0.325 e. The Kier molecular flexibility index (Phi) is 4.60. The normalized spacial score (nSPS) is 23.9. The zero-order valence-corrected chi connectivity index (χ0v) is 17.7. The lowest BCUT2D eigenvalue weighted by Gasteiger charge is -2.39. The maximum atomic E-state index is 14.0. The number of ketones is 1. The van der Waals surface area contributed by atoms with E-state index in [0.717, 1.165) is 0 Å². The summed E-state index contributed by atoms with van der Waals surface area (Å²) in [6.45, 7) is -0.376. The van der Waals surface area contributed by atoms with Gasteiger partial charge in [0.25, 0.3) is 0 Å². The van der Waals surface area contributed by atoms with Gasteiger partial charge in [0, 0.05) is 30.0 Å². The summed E-state index contributed by atoms with van der Waals surface area (Å²) in [5.41, 5.74) is 5.09. The van der Waals surface area contributed by atoms with E-state index in [1.807, 2.05) is 6.07 Å². The van der Waals surface area contributed by atoms with Gasteiger partial charge in [0.15, 0.2) is 5.78 Å². The first kappa shape index (κ1) is 20.6. The van der Waals surface area contributed by atoms with Gasteiger partial charge in [-0.05, 0) is 18.2 Å². The van der Waals surface area contributed by atoms with Crippen molar-refractivity contribution in [3.63, 3.8) is 0 Å². The van der Waals surface area contributed by atoms with Crippen LogP contribution in [-0.4, -0.2) is 31.3 Å². The SMILES string of the molecule is COC(=O)CN1C(=O)[C@@]2(C(C#N)=C(N)OC3=C2C(=O)C[C@H](c2ccco2)C3)c2ccccc21.